The zero-order valence-corrected chi connectivity index (χ0v) is 35.7. The highest BCUT2D eigenvalue weighted by Crippen LogP contribution is 2.28. The van der Waals surface area contributed by atoms with Gasteiger partial charge in [-0.05, 0) is 91.6 Å². The maximum atomic E-state index is 14.5. The smallest absolute Gasteiger partial charge is 0.419 e. The third-order valence-corrected chi connectivity index (χ3v) is 10.1. The molecule has 5 aromatic rings. The van der Waals surface area contributed by atoms with E-state index < -0.39 is 78.7 Å². The number of carbonyl (C=O) groups is 4. The van der Waals surface area contributed by atoms with Crippen LogP contribution >= 0.6 is 0 Å². The third kappa shape index (κ3) is 11.3. The first-order chi connectivity index (χ1) is 27.8. The van der Waals surface area contributed by atoms with Crippen LogP contribution in [0.4, 0.5) is 20.1 Å². The molecule has 0 saturated heterocycles. The first kappa shape index (κ1) is 44.8. The summed E-state index contributed by atoms with van der Waals surface area (Å²) >= 11 is 0. The number of amides is 2. The van der Waals surface area contributed by atoms with E-state index >= 15 is 0 Å². The second-order valence-electron chi connectivity index (χ2n) is 17.1. The van der Waals surface area contributed by atoms with Gasteiger partial charge < -0.3 is 24.8 Å². The van der Waals surface area contributed by atoms with Crippen molar-refractivity contribution in [1.29, 1.82) is 0 Å². The van der Waals surface area contributed by atoms with Crippen LogP contribution in [-0.2, 0) is 41.9 Å². The van der Waals surface area contributed by atoms with Gasteiger partial charge in [-0.25, -0.2) is 22.8 Å². The number of para-hydroxylation sites is 3. The van der Waals surface area contributed by atoms with Gasteiger partial charge in [0, 0.05) is 42.1 Å². The topological polar surface area (TPSA) is 219 Å². The lowest BCUT2D eigenvalue weighted by molar-refractivity contribution is -0.387. The summed E-state index contributed by atoms with van der Waals surface area (Å²) in [6.45, 7) is 15.2. The molecule has 0 aliphatic carbocycles. The lowest BCUT2D eigenvalue weighted by atomic mass is 10.0. The van der Waals surface area contributed by atoms with Gasteiger partial charge in [0.15, 0.2) is 4.90 Å². The van der Waals surface area contributed by atoms with Gasteiger partial charge in [0.1, 0.15) is 22.8 Å². The number of fused-ring (bicyclic) bond motifs is 2. The molecule has 0 unspecified atom stereocenters. The number of hydrogen-bond donors (Lipinski definition) is 3. The molecule has 0 saturated carbocycles. The van der Waals surface area contributed by atoms with Crippen LogP contribution in [0.15, 0.2) is 90.1 Å². The first-order valence-electron chi connectivity index (χ1n) is 19.0. The maximum absolute atomic E-state index is 14.5. The van der Waals surface area contributed by atoms with Crippen LogP contribution in [0, 0.1) is 10.1 Å². The van der Waals surface area contributed by atoms with E-state index in [-0.39, 0.29) is 12.8 Å². The molecule has 0 aliphatic rings. The van der Waals surface area contributed by atoms with Crippen LogP contribution in [0.5, 0.6) is 0 Å². The van der Waals surface area contributed by atoms with Crippen LogP contribution < -0.4 is 15.4 Å². The SMILES string of the molecule is CC(C)(C)OC(=O)N[C@H](Cc1cn(C(=O)OC(C)(C)C)c2ccccc12)C(=O)N[C@H](Cc1cn(C(=O)OC(C)(C)C)c2ccccc12)NS(=O)(=O)c1ccccc1[N+](=O)[O-]. The fraction of sp³-hybridized carbons (Fsp3) is 0.381. The van der Waals surface area contributed by atoms with E-state index in [2.05, 4.69) is 15.4 Å². The van der Waals surface area contributed by atoms with Crippen molar-refractivity contribution in [3.8, 4) is 0 Å². The Balaban J connectivity index is 1.59. The second-order valence-corrected chi connectivity index (χ2v) is 18.7. The van der Waals surface area contributed by atoms with Crippen molar-refractivity contribution in [1.82, 2.24) is 24.5 Å². The molecular formula is C42H50N6O11S. The minimum Gasteiger partial charge on any atom is -0.444 e. The minimum absolute atomic E-state index is 0.219. The molecule has 0 fully saturated rings. The Bertz CT molecular complexity index is 2560. The number of rotatable bonds is 11. The number of ether oxygens (including phenoxy) is 3. The molecular weight excluding hydrogens is 797 g/mol. The van der Waals surface area contributed by atoms with Gasteiger partial charge in [-0.15, -0.1) is 0 Å². The highest BCUT2D eigenvalue weighted by atomic mass is 32.2. The average Bonchev–Trinajstić information content (AvgIpc) is 3.67. The molecule has 18 heteroatoms. The number of benzene rings is 3. The molecule has 320 valence electrons. The van der Waals surface area contributed by atoms with Gasteiger partial charge in [-0.3, -0.25) is 24.0 Å². The van der Waals surface area contributed by atoms with Crippen LogP contribution in [-0.4, -0.2) is 75.7 Å². The molecule has 60 heavy (non-hydrogen) atoms. The van der Waals surface area contributed by atoms with Crippen molar-refractivity contribution in [2.75, 3.05) is 0 Å². The molecule has 17 nitrogen and oxygen atoms in total. The largest absolute Gasteiger partial charge is 0.444 e. The Morgan fingerprint density at radius 2 is 1.12 bits per heavy atom. The van der Waals surface area contributed by atoms with Crippen LogP contribution in [0.25, 0.3) is 21.8 Å². The molecule has 0 bridgehead atoms. The number of nitrogens with zero attached hydrogens (tertiary/aromatic N) is 3. The quantitative estimate of drug-likeness (QED) is 0.0524. The third-order valence-electron chi connectivity index (χ3n) is 8.59. The Morgan fingerprint density at radius 3 is 1.60 bits per heavy atom. The number of sulfonamides is 1. The van der Waals surface area contributed by atoms with Gasteiger partial charge in [0.25, 0.3) is 5.69 Å². The summed E-state index contributed by atoms with van der Waals surface area (Å²) in [5.41, 5.74) is -1.62. The minimum atomic E-state index is -4.74. The number of nitrogens with one attached hydrogen (secondary N) is 3. The predicted octanol–water partition coefficient (Wildman–Crippen LogP) is 7.17. The zero-order chi connectivity index (χ0) is 44.4. The lowest BCUT2D eigenvalue weighted by Crippen LogP contribution is -2.56. The predicted molar refractivity (Wildman–Crippen MR) is 223 cm³/mol. The van der Waals surface area contributed by atoms with Gasteiger partial charge in [0.2, 0.25) is 15.9 Å². The number of alkyl carbamates (subject to hydrolysis) is 1. The van der Waals surface area contributed by atoms with Crippen molar-refractivity contribution < 1.29 is 46.7 Å². The molecule has 3 aromatic carbocycles. The second kappa shape index (κ2) is 17.1. The summed E-state index contributed by atoms with van der Waals surface area (Å²) in [7, 11) is -4.74. The highest BCUT2D eigenvalue weighted by Gasteiger charge is 2.33. The van der Waals surface area contributed by atoms with Gasteiger partial charge in [-0.2, -0.15) is 4.72 Å². The number of hydrogen-bond acceptors (Lipinski definition) is 11. The summed E-state index contributed by atoms with van der Waals surface area (Å²) in [6.07, 6.45) is -1.45. The van der Waals surface area contributed by atoms with Crippen LogP contribution in [0.2, 0.25) is 0 Å². The molecule has 0 spiro atoms. The van der Waals surface area contributed by atoms with E-state index in [1.165, 1.54) is 33.7 Å². The fourth-order valence-electron chi connectivity index (χ4n) is 6.33. The van der Waals surface area contributed by atoms with E-state index in [0.29, 0.717) is 32.9 Å². The van der Waals surface area contributed by atoms with E-state index in [9.17, 15) is 37.7 Å². The number of carbonyl (C=O) groups excluding carboxylic acids is 4. The van der Waals surface area contributed by atoms with Crippen LogP contribution in [0.3, 0.4) is 0 Å². The maximum Gasteiger partial charge on any atom is 0.419 e. The molecule has 5 rings (SSSR count). The van der Waals surface area contributed by atoms with E-state index in [1.54, 1.807) is 111 Å². The summed E-state index contributed by atoms with van der Waals surface area (Å²) < 4.78 is 49.7. The zero-order valence-electron chi connectivity index (χ0n) is 34.9. The van der Waals surface area contributed by atoms with Crippen molar-refractivity contribution in [3.63, 3.8) is 0 Å². The van der Waals surface area contributed by atoms with Gasteiger partial charge in [-0.1, -0.05) is 48.5 Å². The molecule has 2 heterocycles. The molecule has 0 aliphatic heterocycles. The molecule has 2 aromatic heterocycles. The number of nitro benzene ring substituents is 1. The fourth-order valence-corrected chi connectivity index (χ4v) is 7.65. The van der Waals surface area contributed by atoms with E-state index in [0.717, 1.165) is 12.1 Å². The normalized spacial score (nSPS) is 13.3. The Labute approximate surface area is 347 Å². The van der Waals surface area contributed by atoms with Crippen molar-refractivity contribution in [2.45, 2.75) is 109 Å². The molecule has 0 radical (unpaired) electrons. The Kier molecular flexibility index (Phi) is 12.8. The lowest BCUT2D eigenvalue weighted by Gasteiger charge is -2.26. The highest BCUT2D eigenvalue weighted by molar-refractivity contribution is 7.89. The summed E-state index contributed by atoms with van der Waals surface area (Å²) in [6, 6.07) is 17.0. The first-order valence-corrected chi connectivity index (χ1v) is 20.5. The molecule has 3 N–H and O–H groups in total. The Hall–Kier alpha value is -6.27. The van der Waals surface area contributed by atoms with E-state index in [4.69, 9.17) is 14.2 Å². The van der Waals surface area contributed by atoms with E-state index in [1.807, 2.05) is 0 Å². The molecule has 2 amide bonds. The Morgan fingerprint density at radius 1 is 0.667 bits per heavy atom. The number of aromatic nitrogens is 2. The van der Waals surface area contributed by atoms with Crippen molar-refractivity contribution >= 4 is 61.7 Å². The van der Waals surface area contributed by atoms with Gasteiger partial charge >= 0.3 is 18.3 Å². The van der Waals surface area contributed by atoms with Crippen molar-refractivity contribution in [3.05, 3.63) is 106 Å². The summed E-state index contributed by atoms with van der Waals surface area (Å²) in [5, 5.41) is 18.3. The van der Waals surface area contributed by atoms with Gasteiger partial charge in [0.05, 0.1) is 22.1 Å². The standard InChI is InChI=1S/C42H50N6O11S/c1-40(2,3)57-37(50)43-30(22-26-24-46(38(51)58-41(4,5)6)31-18-12-10-16-28(26)31)36(49)44-35(45-60(55,56)34-21-15-14-20-33(34)48(53)54)23-27-25-47(39(52)59-42(7,8)9)32-19-13-11-17-29(27)32/h10-21,24-25,30,35,45H,22-23H2,1-9H3,(H,43,50)(H,44,49)/t30-,35+/m1/s1. The van der Waals surface area contributed by atoms with Crippen molar-refractivity contribution in [2.24, 2.45) is 0 Å². The monoisotopic (exact) mass is 846 g/mol. The summed E-state index contributed by atoms with van der Waals surface area (Å²) in [5.74, 6) is -0.888. The number of nitro groups is 1. The molecule has 2 atom stereocenters. The average molecular weight is 847 g/mol. The summed E-state index contributed by atoms with van der Waals surface area (Å²) in [4.78, 5) is 64.9. The van der Waals surface area contributed by atoms with Crippen LogP contribution in [0.1, 0.15) is 73.4 Å².